The lowest BCUT2D eigenvalue weighted by molar-refractivity contribution is -0.129. The maximum Gasteiger partial charge on any atom is 0.243 e. The van der Waals surface area contributed by atoms with Crippen LogP contribution < -0.4 is 15.4 Å². The van der Waals surface area contributed by atoms with Gasteiger partial charge in [-0.25, -0.2) is 0 Å². The highest BCUT2D eigenvalue weighted by atomic mass is 16.5. The molecule has 0 radical (unpaired) electrons. The van der Waals surface area contributed by atoms with E-state index in [0.29, 0.717) is 18.6 Å². The topological polar surface area (TPSA) is 84.5 Å². The number of ketones is 1. The first-order valence-corrected chi connectivity index (χ1v) is 10.9. The van der Waals surface area contributed by atoms with Gasteiger partial charge in [-0.05, 0) is 49.1 Å². The lowest BCUT2D eigenvalue weighted by Crippen LogP contribution is -2.48. The van der Waals surface area contributed by atoms with Crippen LogP contribution >= 0.6 is 0 Å². The van der Waals surface area contributed by atoms with E-state index in [0.717, 1.165) is 30.6 Å². The molecule has 1 aliphatic carbocycles. The van der Waals surface area contributed by atoms with E-state index in [-0.39, 0.29) is 36.5 Å². The van der Waals surface area contributed by atoms with E-state index in [1.807, 2.05) is 37.3 Å². The molecular weight excluding hydrogens is 392 g/mol. The molecular formula is C25H30N2O4. The second kappa shape index (κ2) is 11.3. The zero-order valence-corrected chi connectivity index (χ0v) is 17.9. The van der Waals surface area contributed by atoms with Crippen molar-refractivity contribution in [2.24, 2.45) is 0 Å². The fourth-order valence-corrected chi connectivity index (χ4v) is 3.18. The summed E-state index contributed by atoms with van der Waals surface area (Å²) in [6.45, 7) is 2.66. The molecule has 6 heteroatoms. The molecule has 6 nitrogen and oxygen atoms in total. The summed E-state index contributed by atoms with van der Waals surface area (Å²) >= 11 is 0. The van der Waals surface area contributed by atoms with Gasteiger partial charge < -0.3 is 15.4 Å². The Kier molecular flexibility index (Phi) is 8.21. The fraction of sp³-hybridized carbons (Fsp3) is 0.400. The maximum absolute atomic E-state index is 12.6. The van der Waals surface area contributed by atoms with Crippen LogP contribution in [0.25, 0.3) is 0 Å². The smallest absolute Gasteiger partial charge is 0.243 e. The van der Waals surface area contributed by atoms with Gasteiger partial charge in [-0.1, -0.05) is 37.3 Å². The van der Waals surface area contributed by atoms with Gasteiger partial charge in [0.2, 0.25) is 11.8 Å². The molecule has 0 aromatic heterocycles. The quantitative estimate of drug-likeness (QED) is 0.513. The first-order chi connectivity index (χ1) is 15.0. The van der Waals surface area contributed by atoms with Gasteiger partial charge in [-0.15, -0.1) is 0 Å². The summed E-state index contributed by atoms with van der Waals surface area (Å²) in [6, 6.07) is 16.1. The minimum atomic E-state index is -0.652. The van der Waals surface area contributed by atoms with E-state index in [4.69, 9.17) is 4.74 Å². The largest absolute Gasteiger partial charge is 0.494 e. The van der Waals surface area contributed by atoms with E-state index in [1.165, 1.54) is 0 Å². The number of ether oxygens (including phenoxy) is 1. The molecule has 164 valence electrons. The van der Waals surface area contributed by atoms with E-state index >= 15 is 0 Å². The molecule has 1 fully saturated rings. The van der Waals surface area contributed by atoms with Crippen LogP contribution in [0.5, 0.6) is 5.75 Å². The van der Waals surface area contributed by atoms with Gasteiger partial charge in [0, 0.05) is 30.9 Å². The molecule has 0 aliphatic heterocycles. The van der Waals surface area contributed by atoms with Gasteiger partial charge in [0.15, 0.2) is 5.78 Å². The Balaban J connectivity index is 1.52. The average molecular weight is 423 g/mol. The number of nitrogens with one attached hydrogen (secondary N) is 2. The van der Waals surface area contributed by atoms with Crippen molar-refractivity contribution >= 4 is 17.6 Å². The van der Waals surface area contributed by atoms with Crippen LogP contribution in [0.3, 0.4) is 0 Å². The number of carbonyl (C=O) groups is 3. The van der Waals surface area contributed by atoms with Crippen LogP contribution in [0, 0.1) is 0 Å². The van der Waals surface area contributed by atoms with Crippen molar-refractivity contribution in [2.75, 3.05) is 6.61 Å². The monoisotopic (exact) mass is 422 g/mol. The van der Waals surface area contributed by atoms with E-state index in [2.05, 4.69) is 10.6 Å². The third-order valence-corrected chi connectivity index (χ3v) is 5.09. The molecule has 1 aliphatic rings. The number of benzene rings is 2. The number of carbonyl (C=O) groups excluding carboxylic acids is 3. The molecule has 31 heavy (non-hydrogen) atoms. The number of rotatable bonds is 12. The summed E-state index contributed by atoms with van der Waals surface area (Å²) < 4.78 is 5.52. The standard InChI is InChI=1S/C25H30N2O4/c1-2-16-31-21-12-8-19(9-13-21)23(28)14-15-24(29)27-22(25(30)26-20-10-11-20)17-18-6-4-3-5-7-18/h3-9,12-13,20,22H,2,10-11,14-17H2,1H3,(H,26,30)(H,27,29). The summed E-state index contributed by atoms with van der Waals surface area (Å²) in [7, 11) is 0. The van der Waals surface area contributed by atoms with Crippen LogP contribution in [-0.2, 0) is 16.0 Å². The van der Waals surface area contributed by atoms with Crippen molar-refractivity contribution in [2.45, 2.75) is 57.5 Å². The summed E-state index contributed by atoms with van der Waals surface area (Å²) in [4.78, 5) is 37.5. The maximum atomic E-state index is 12.6. The van der Waals surface area contributed by atoms with Crippen molar-refractivity contribution in [3.63, 3.8) is 0 Å². The van der Waals surface area contributed by atoms with Crippen LogP contribution in [0.15, 0.2) is 54.6 Å². The van der Waals surface area contributed by atoms with Crippen LogP contribution in [0.1, 0.15) is 54.9 Å². The van der Waals surface area contributed by atoms with Crippen LogP contribution in [0.4, 0.5) is 0 Å². The summed E-state index contributed by atoms with van der Waals surface area (Å²) in [5, 5.41) is 5.77. The molecule has 0 heterocycles. The highest BCUT2D eigenvalue weighted by Crippen LogP contribution is 2.19. The van der Waals surface area contributed by atoms with E-state index in [1.54, 1.807) is 24.3 Å². The van der Waals surface area contributed by atoms with Gasteiger partial charge >= 0.3 is 0 Å². The van der Waals surface area contributed by atoms with Gasteiger partial charge in [0.25, 0.3) is 0 Å². The number of amides is 2. The third kappa shape index (κ3) is 7.55. The molecule has 2 amide bonds. The molecule has 3 rings (SSSR count). The minimum absolute atomic E-state index is 0.0366. The lowest BCUT2D eigenvalue weighted by atomic mass is 10.0. The molecule has 2 aromatic carbocycles. The summed E-state index contributed by atoms with van der Waals surface area (Å²) in [5.41, 5.74) is 1.52. The second-order valence-corrected chi connectivity index (χ2v) is 7.89. The fourth-order valence-electron chi connectivity index (χ4n) is 3.18. The van der Waals surface area contributed by atoms with Gasteiger partial charge in [0.05, 0.1) is 6.61 Å². The zero-order valence-electron chi connectivity index (χ0n) is 17.9. The van der Waals surface area contributed by atoms with Gasteiger partial charge in [-0.3, -0.25) is 14.4 Å². The molecule has 0 spiro atoms. The molecule has 0 bridgehead atoms. The van der Waals surface area contributed by atoms with E-state index in [9.17, 15) is 14.4 Å². The van der Waals surface area contributed by atoms with Crippen LogP contribution in [-0.4, -0.2) is 36.3 Å². The van der Waals surface area contributed by atoms with Crippen LogP contribution in [0.2, 0.25) is 0 Å². The summed E-state index contributed by atoms with van der Waals surface area (Å²) in [6.07, 6.45) is 3.42. The van der Waals surface area contributed by atoms with Gasteiger partial charge in [0.1, 0.15) is 11.8 Å². The van der Waals surface area contributed by atoms with Crippen molar-refractivity contribution in [1.29, 1.82) is 0 Å². The zero-order chi connectivity index (χ0) is 22.1. The first-order valence-electron chi connectivity index (χ1n) is 10.9. The van der Waals surface area contributed by atoms with Crippen molar-refractivity contribution in [1.82, 2.24) is 10.6 Å². The second-order valence-electron chi connectivity index (χ2n) is 7.89. The number of Topliss-reactive ketones (excluding diaryl/α,β-unsaturated/α-hetero) is 1. The molecule has 2 aromatic rings. The minimum Gasteiger partial charge on any atom is -0.494 e. The van der Waals surface area contributed by atoms with E-state index < -0.39 is 6.04 Å². The molecule has 2 N–H and O–H groups in total. The molecule has 1 unspecified atom stereocenters. The number of hydrogen-bond acceptors (Lipinski definition) is 4. The number of hydrogen-bond donors (Lipinski definition) is 2. The molecule has 0 saturated heterocycles. The summed E-state index contributed by atoms with van der Waals surface area (Å²) in [5.74, 6) is 0.137. The Labute approximate surface area is 183 Å². The SMILES string of the molecule is CCCOc1ccc(C(=O)CCC(=O)NC(Cc2ccccc2)C(=O)NC2CC2)cc1. The Morgan fingerprint density at radius 1 is 1.00 bits per heavy atom. The average Bonchev–Trinajstić information content (AvgIpc) is 3.60. The molecule has 1 saturated carbocycles. The Hall–Kier alpha value is -3.15. The first kappa shape index (κ1) is 22.5. The van der Waals surface area contributed by atoms with Crippen molar-refractivity contribution < 1.29 is 19.1 Å². The van der Waals surface area contributed by atoms with Crippen molar-refractivity contribution in [3.8, 4) is 5.75 Å². The Morgan fingerprint density at radius 3 is 2.35 bits per heavy atom. The Bertz CT molecular complexity index is 876. The highest BCUT2D eigenvalue weighted by molar-refractivity contribution is 5.98. The third-order valence-electron chi connectivity index (χ3n) is 5.09. The normalized spacial score (nSPS) is 13.8. The predicted octanol–water partition coefficient (Wildman–Crippen LogP) is 3.44. The predicted molar refractivity (Wildman–Crippen MR) is 119 cm³/mol. The van der Waals surface area contributed by atoms with Crippen molar-refractivity contribution in [3.05, 3.63) is 65.7 Å². The highest BCUT2D eigenvalue weighted by Gasteiger charge is 2.28. The van der Waals surface area contributed by atoms with Gasteiger partial charge in [-0.2, -0.15) is 0 Å². The molecule has 1 atom stereocenters. The Morgan fingerprint density at radius 2 is 1.71 bits per heavy atom. The lowest BCUT2D eigenvalue weighted by Gasteiger charge is -2.18.